The van der Waals surface area contributed by atoms with Gasteiger partial charge in [0.15, 0.2) is 5.69 Å². The summed E-state index contributed by atoms with van der Waals surface area (Å²) in [6.07, 6.45) is 6.15. The van der Waals surface area contributed by atoms with Crippen molar-refractivity contribution >= 4 is 11.9 Å². The summed E-state index contributed by atoms with van der Waals surface area (Å²) < 4.78 is 7.11. The third kappa shape index (κ3) is 3.93. The summed E-state index contributed by atoms with van der Waals surface area (Å²) in [6, 6.07) is 8.10. The molecule has 1 fully saturated rings. The third-order valence-electron chi connectivity index (χ3n) is 6.07. The minimum atomic E-state index is -0.415. The second-order valence-electron chi connectivity index (χ2n) is 8.09. The first-order valence-corrected chi connectivity index (χ1v) is 10.7. The average Bonchev–Trinajstić information content (AvgIpc) is 3.13. The highest BCUT2D eigenvalue weighted by atomic mass is 16.5. The number of nitrogens with zero attached hydrogens (tertiary/aromatic N) is 3. The van der Waals surface area contributed by atoms with Gasteiger partial charge in [0.2, 0.25) is 5.91 Å². The number of aryl methyl sites for hydroxylation is 1. The van der Waals surface area contributed by atoms with Crippen molar-refractivity contribution in [3.63, 3.8) is 0 Å². The molecule has 0 unspecified atom stereocenters. The molecule has 1 aliphatic heterocycles. The van der Waals surface area contributed by atoms with Crippen LogP contribution in [0.2, 0.25) is 0 Å². The summed E-state index contributed by atoms with van der Waals surface area (Å²) in [5.74, 6) is -0.0571. The number of carbonyl (C=O) groups is 2. The SMILES string of the molecule is CCOC(=O)c1nn(-c2ccc(C)cc2)c2c1CN(C(=O)C1CCCCC1)CC2. The molecule has 4 rings (SSSR count). The zero-order valence-corrected chi connectivity index (χ0v) is 17.3. The van der Waals surface area contributed by atoms with Crippen molar-refractivity contribution in [2.24, 2.45) is 5.92 Å². The molecule has 0 N–H and O–H groups in total. The largest absolute Gasteiger partial charge is 0.461 e. The Morgan fingerprint density at radius 3 is 2.55 bits per heavy atom. The molecule has 29 heavy (non-hydrogen) atoms. The van der Waals surface area contributed by atoms with Gasteiger partial charge >= 0.3 is 5.97 Å². The van der Waals surface area contributed by atoms with Gasteiger partial charge in [-0.05, 0) is 38.8 Å². The molecule has 6 heteroatoms. The summed E-state index contributed by atoms with van der Waals surface area (Å²) in [6.45, 7) is 5.24. The van der Waals surface area contributed by atoms with Crippen molar-refractivity contribution in [1.29, 1.82) is 0 Å². The van der Waals surface area contributed by atoms with Crippen LogP contribution in [0.25, 0.3) is 5.69 Å². The molecule has 1 amide bonds. The Morgan fingerprint density at radius 2 is 1.86 bits per heavy atom. The minimum absolute atomic E-state index is 0.128. The number of rotatable bonds is 4. The number of esters is 1. The highest BCUT2D eigenvalue weighted by molar-refractivity contribution is 5.90. The van der Waals surface area contributed by atoms with E-state index >= 15 is 0 Å². The van der Waals surface area contributed by atoms with Crippen molar-refractivity contribution in [2.45, 2.75) is 58.9 Å². The van der Waals surface area contributed by atoms with Crippen molar-refractivity contribution in [3.05, 3.63) is 46.8 Å². The summed E-state index contributed by atoms with van der Waals surface area (Å²) in [7, 11) is 0. The fourth-order valence-electron chi connectivity index (χ4n) is 4.48. The van der Waals surface area contributed by atoms with Crippen LogP contribution in [0.15, 0.2) is 24.3 Å². The Balaban J connectivity index is 1.66. The molecule has 6 nitrogen and oxygen atoms in total. The standard InChI is InChI=1S/C23H29N3O3/c1-3-29-23(28)21-19-15-25(22(27)17-7-5-4-6-8-17)14-13-20(19)26(24-21)18-11-9-16(2)10-12-18/h9-12,17H,3-8,13-15H2,1-2H3. The summed E-state index contributed by atoms with van der Waals surface area (Å²) in [5.41, 5.74) is 4.27. The molecule has 0 saturated heterocycles. The predicted octanol–water partition coefficient (Wildman–Crippen LogP) is 3.82. The van der Waals surface area contributed by atoms with E-state index in [9.17, 15) is 9.59 Å². The number of ether oxygens (including phenoxy) is 1. The lowest BCUT2D eigenvalue weighted by molar-refractivity contribution is -0.137. The van der Waals surface area contributed by atoms with Gasteiger partial charge in [-0.25, -0.2) is 9.48 Å². The Hall–Kier alpha value is -2.63. The number of benzene rings is 1. The molecule has 154 valence electrons. The van der Waals surface area contributed by atoms with Crippen LogP contribution in [-0.4, -0.2) is 39.7 Å². The fourth-order valence-corrected chi connectivity index (χ4v) is 4.48. The molecule has 1 aliphatic carbocycles. The van der Waals surface area contributed by atoms with E-state index in [1.165, 1.54) is 12.0 Å². The van der Waals surface area contributed by atoms with Crippen LogP contribution in [0.4, 0.5) is 0 Å². The summed E-state index contributed by atoms with van der Waals surface area (Å²) in [4.78, 5) is 27.6. The second kappa shape index (κ2) is 8.39. The van der Waals surface area contributed by atoms with E-state index in [-0.39, 0.29) is 11.8 Å². The maximum Gasteiger partial charge on any atom is 0.359 e. The lowest BCUT2D eigenvalue weighted by Crippen LogP contribution is -2.40. The maximum absolute atomic E-state index is 13.1. The lowest BCUT2D eigenvalue weighted by Gasteiger charge is -2.32. The van der Waals surface area contributed by atoms with Crippen molar-refractivity contribution in [3.8, 4) is 5.69 Å². The van der Waals surface area contributed by atoms with E-state index in [0.717, 1.165) is 42.6 Å². The fraction of sp³-hybridized carbons (Fsp3) is 0.522. The molecule has 1 aromatic heterocycles. The quantitative estimate of drug-likeness (QED) is 0.738. The van der Waals surface area contributed by atoms with E-state index in [2.05, 4.69) is 5.10 Å². The van der Waals surface area contributed by atoms with E-state index in [1.807, 2.05) is 40.8 Å². The number of hydrogen-bond donors (Lipinski definition) is 0. The molecule has 2 heterocycles. The highest BCUT2D eigenvalue weighted by Gasteiger charge is 2.33. The van der Waals surface area contributed by atoms with Gasteiger partial charge in [0.25, 0.3) is 0 Å². The highest BCUT2D eigenvalue weighted by Crippen LogP contribution is 2.30. The van der Waals surface area contributed by atoms with Gasteiger partial charge in [-0.3, -0.25) is 4.79 Å². The summed E-state index contributed by atoms with van der Waals surface area (Å²) >= 11 is 0. The number of fused-ring (bicyclic) bond motifs is 1. The molecular weight excluding hydrogens is 366 g/mol. The Kier molecular flexibility index (Phi) is 5.69. The molecule has 0 radical (unpaired) electrons. The van der Waals surface area contributed by atoms with Crippen molar-refractivity contribution in [1.82, 2.24) is 14.7 Å². The zero-order valence-electron chi connectivity index (χ0n) is 17.3. The molecule has 2 aromatic rings. The first kappa shape index (κ1) is 19.7. The van der Waals surface area contributed by atoms with Crippen molar-refractivity contribution in [2.75, 3.05) is 13.2 Å². The predicted molar refractivity (Wildman–Crippen MR) is 110 cm³/mol. The van der Waals surface area contributed by atoms with Crippen molar-refractivity contribution < 1.29 is 14.3 Å². The summed E-state index contributed by atoms with van der Waals surface area (Å²) in [5, 5.41) is 4.62. The second-order valence-corrected chi connectivity index (χ2v) is 8.09. The monoisotopic (exact) mass is 395 g/mol. The van der Waals surface area contributed by atoms with Crippen LogP contribution in [0.1, 0.15) is 66.3 Å². The van der Waals surface area contributed by atoms with Gasteiger partial charge in [0, 0.05) is 31.0 Å². The van der Waals surface area contributed by atoms with Gasteiger partial charge in [0.05, 0.1) is 18.0 Å². The van der Waals surface area contributed by atoms with E-state index in [4.69, 9.17) is 4.74 Å². The maximum atomic E-state index is 13.1. The van der Waals surface area contributed by atoms with Gasteiger partial charge in [0.1, 0.15) is 0 Å². The van der Waals surface area contributed by atoms with Crippen LogP contribution >= 0.6 is 0 Å². The molecule has 1 aromatic carbocycles. The van der Waals surface area contributed by atoms with E-state index in [0.29, 0.717) is 31.8 Å². The smallest absolute Gasteiger partial charge is 0.359 e. The van der Waals surface area contributed by atoms with Gasteiger partial charge in [-0.2, -0.15) is 5.10 Å². The van der Waals surface area contributed by atoms with Gasteiger partial charge < -0.3 is 9.64 Å². The Morgan fingerprint density at radius 1 is 1.14 bits per heavy atom. The average molecular weight is 396 g/mol. The van der Waals surface area contributed by atoms with Crippen LogP contribution in [-0.2, 0) is 22.5 Å². The van der Waals surface area contributed by atoms with Crippen LogP contribution < -0.4 is 0 Å². The Bertz CT molecular complexity index is 895. The third-order valence-corrected chi connectivity index (χ3v) is 6.07. The first-order chi connectivity index (χ1) is 14.1. The van der Waals surface area contributed by atoms with Gasteiger partial charge in [-0.1, -0.05) is 37.0 Å². The number of aromatic nitrogens is 2. The first-order valence-electron chi connectivity index (χ1n) is 10.7. The molecule has 2 aliphatic rings. The zero-order chi connectivity index (χ0) is 20.4. The normalized spacial score (nSPS) is 17.1. The molecular formula is C23H29N3O3. The number of amides is 1. The molecule has 0 spiro atoms. The minimum Gasteiger partial charge on any atom is -0.461 e. The van der Waals surface area contributed by atoms with Crippen LogP contribution in [0.5, 0.6) is 0 Å². The van der Waals surface area contributed by atoms with Gasteiger partial charge in [-0.15, -0.1) is 0 Å². The van der Waals surface area contributed by atoms with Crippen LogP contribution in [0.3, 0.4) is 0 Å². The molecule has 0 bridgehead atoms. The topological polar surface area (TPSA) is 64.4 Å². The van der Waals surface area contributed by atoms with Crippen LogP contribution in [0, 0.1) is 12.8 Å². The Labute approximate surface area is 171 Å². The number of carbonyl (C=O) groups excluding carboxylic acids is 2. The lowest BCUT2D eigenvalue weighted by atomic mass is 9.87. The number of hydrogen-bond acceptors (Lipinski definition) is 4. The molecule has 1 saturated carbocycles. The van der Waals surface area contributed by atoms with E-state index < -0.39 is 5.97 Å². The molecule has 0 atom stereocenters. The van der Waals surface area contributed by atoms with E-state index in [1.54, 1.807) is 6.92 Å².